The molecule has 1 aromatic rings. The van der Waals surface area contributed by atoms with Gasteiger partial charge < -0.3 is 10.1 Å². The Bertz CT molecular complexity index is 366. The third-order valence-electron chi connectivity index (χ3n) is 1.72. The first kappa shape index (κ1) is 10.4. The molecule has 0 aliphatic carbocycles. The first-order valence-corrected chi connectivity index (χ1v) is 3.86. The van der Waals surface area contributed by atoms with Gasteiger partial charge in [-0.05, 0) is 12.1 Å². The van der Waals surface area contributed by atoms with Crippen molar-refractivity contribution in [3.8, 4) is 5.75 Å². The molecule has 14 heavy (non-hydrogen) atoms. The fourth-order valence-electron chi connectivity index (χ4n) is 1.03. The van der Waals surface area contributed by atoms with Crippen molar-refractivity contribution in [1.29, 1.82) is 0 Å². The third kappa shape index (κ3) is 1.66. The molecule has 0 saturated heterocycles. The number of halogens is 2. The van der Waals surface area contributed by atoms with E-state index in [4.69, 9.17) is 0 Å². The lowest BCUT2D eigenvalue weighted by Gasteiger charge is -2.06. The zero-order valence-electron chi connectivity index (χ0n) is 7.73. The van der Waals surface area contributed by atoms with Gasteiger partial charge in [-0.2, -0.15) is 0 Å². The van der Waals surface area contributed by atoms with Gasteiger partial charge in [-0.1, -0.05) is 0 Å². The Morgan fingerprint density at radius 3 is 2.57 bits per heavy atom. The van der Waals surface area contributed by atoms with E-state index in [0.29, 0.717) is 0 Å². The minimum Gasteiger partial charge on any atom is -0.491 e. The number of amides is 1. The summed E-state index contributed by atoms with van der Waals surface area (Å²) in [7, 11) is 2.49. The number of carbonyl (C=O) groups is 1. The van der Waals surface area contributed by atoms with E-state index in [1.807, 2.05) is 0 Å². The van der Waals surface area contributed by atoms with Gasteiger partial charge in [0.25, 0.3) is 5.91 Å². The summed E-state index contributed by atoms with van der Waals surface area (Å²) in [6.45, 7) is 0. The molecule has 0 aromatic heterocycles. The second-order valence-electron chi connectivity index (χ2n) is 2.52. The van der Waals surface area contributed by atoms with E-state index in [2.05, 4.69) is 10.1 Å². The zero-order chi connectivity index (χ0) is 10.7. The van der Waals surface area contributed by atoms with E-state index < -0.39 is 23.3 Å². The van der Waals surface area contributed by atoms with Crippen LogP contribution in [0.15, 0.2) is 12.1 Å². The number of ether oxygens (including phenoxy) is 1. The van der Waals surface area contributed by atoms with Gasteiger partial charge in [0, 0.05) is 7.05 Å². The first-order chi connectivity index (χ1) is 6.61. The molecule has 1 N–H and O–H groups in total. The molecule has 1 amide bonds. The Hall–Kier alpha value is -1.65. The van der Waals surface area contributed by atoms with Crippen LogP contribution in [0, 0.1) is 11.6 Å². The molecule has 0 atom stereocenters. The van der Waals surface area contributed by atoms with E-state index in [-0.39, 0.29) is 5.56 Å². The van der Waals surface area contributed by atoms with Crippen LogP contribution < -0.4 is 10.1 Å². The predicted octanol–water partition coefficient (Wildman–Crippen LogP) is 1.33. The lowest BCUT2D eigenvalue weighted by Crippen LogP contribution is -2.19. The summed E-state index contributed by atoms with van der Waals surface area (Å²) in [5.41, 5.74) is -0.245. The molecule has 0 unspecified atom stereocenters. The molecule has 0 radical (unpaired) electrons. The number of nitrogens with one attached hydrogen (secondary N) is 1. The van der Waals surface area contributed by atoms with Crippen LogP contribution in [0.5, 0.6) is 5.75 Å². The van der Waals surface area contributed by atoms with Gasteiger partial charge in [-0.25, -0.2) is 8.78 Å². The molecule has 76 valence electrons. The van der Waals surface area contributed by atoms with Crippen LogP contribution >= 0.6 is 0 Å². The van der Waals surface area contributed by atoms with Crippen molar-refractivity contribution in [2.45, 2.75) is 0 Å². The number of rotatable bonds is 2. The molecule has 3 nitrogen and oxygen atoms in total. The minimum atomic E-state index is -0.994. The van der Waals surface area contributed by atoms with E-state index in [1.54, 1.807) is 0 Å². The Balaban J connectivity index is 3.28. The molecule has 0 saturated carbocycles. The number of hydrogen-bond acceptors (Lipinski definition) is 2. The Labute approximate surface area is 79.7 Å². The molecule has 1 rings (SSSR count). The molecule has 0 spiro atoms. The highest BCUT2D eigenvalue weighted by Gasteiger charge is 2.18. The van der Waals surface area contributed by atoms with E-state index in [9.17, 15) is 13.6 Å². The van der Waals surface area contributed by atoms with Crippen LogP contribution in [0.1, 0.15) is 10.4 Å². The highest BCUT2D eigenvalue weighted by Crippen LogP contribution is 2.23. The fourth-order valence-corrected chi connectivity index (χ4v) is 1.03. The van der Waals surface area contributed by atoms with Gasteiger partial charge in [0.05, 0.1) is 12.7 Å². The minimum absolute atomic E-state index is 0.245. The second-order valence-corrected chi connectivity index (χ2v) is 2.52. The van der Waals surface area contributed by atoms with Crippen molar-refractivity contribution >= 4 is 5.91 Å². The summed E-state index contributed by atoms with van der Waals surface area (Å²) in [4.78, 5) is 11.1. The highest BCUT2D eigenvalue weighted by atomic mass is 19.1. The largest absolute Gasteiger partial charge is 0.491 e. The lowest BCUT2D eigenvalue weighted by atomic mass is 10.2. The van der Waals surface area contributed by atoms with Crippen LogP contribution in [0.4, 0.5) is 8.78 Å². The maximum absolute atomic E-state index is 13.3. The average molecular weight is 201 g/mol. The summed E-state index contributed by atoms with van der Waals surface area (Å²) in [6.07, 6.45) is 0. The van der Waals surface area contributed by atoms with Gasteiger partial charge in [0.1, 0.15) is 0 Å². The maximum Gasteiger partial charge on any atom is 0.254 e. The van der Waals surface area contributed by atoms with Gasteiger partial charge in [0.15, 0.2) is 17.4 Å². The number of benzene rings is 1. The van der Waals surface area contributed by atoms with Crippen molar-refractivity contribution in [2.24, 2.45) is 0 Å². The fraction of sp³-hybridized carbons (Fsp3) is 0.222. The molecule has 5 heteroatoms. The van der Waals surface area contributed by atoms with Crippen LogP contribution in [0.3, 0.4) is 0 Å². The lowest BCUT2D eigenvalue weighted by molar-refractivity contribution is 0.0958. The summed E-state index contributed by atoms with van der Waals surface area (Å²) < 4.78 is 30.7. The number of hydrogen-bond donors (Lipinski definition) is 1. The molecule has 0 bridgehead atoms. The van der Waals surface area contributed by atoms with Gasteiger partial charge in [-0.3, -0.25) is 4.79 Å². The van der Waals surface area contributed by atoms with Gasteiger partial charge >= 0.3 is 0 Å². The average Bonchev–Trinajstić information content (AvgIpc) is 2.18. The second kappa shape index (κ2) is 4.04. The Morgan fingerprint density at radius 1 is 1.43 bits per heavy atom. The smallest absolute Gasteiger partial charge is 0.254 e. The summed E-state index contributed by atoms with van der Waals surface area (Å²) in [5, 5.41) is 2.24. The third-order valence-corrected chi connectivity index (χ3v) is 1.72. The summed E-state index contributed by atoms with van der Waals surface area (Å²) in [5.74, 6) is -3.00. The van der Waals surface area contributed by atoms with Crippen molar-refractivity contribution in [1.82, 2.24) is 5.32 Å². The van der Waals surface area contributed by atoms with Crippen molar-refractivity contribution in [2.75, 3.05) is 14.2 Å². The monoisotopic (exact) mass is 201 g/mol. The first-order valence-electron chi connectivity index (χ1n) is 3.86. The van der Waals surface area contributed by atoms with E-state index in [1.165, 1.54) is 7.05 Å². The Kier molecular flexibility index (Phi) is 3.01. The van der Waals surface area contributed by atoms with Crippen molar-refractivity contribution in [3.63, 3.8) is 0 Å². The van der Waals surface area contributed by atoms with Crippen LogP contribution in [-0.2, 0) is 0 Å². The molecule has 0 aliphatic heterocycles. The molecule has 0 fully saturated rings. The Morgan fingerprint density at radius 2 is 2.07 bits per heavy atom. The summed E-state index contributed by atoms with van der Waals surface area (Å²) >= 11 is 0. The molecule has 0 heterocycles. The number of carbonyl (C=O) groups excluding carboxylic acids is 1. The predicted molar refractivity (Wildman–Crippen MR) is 46.3 cm³/mol. The number of methoxy groups -OCH3 is 1. The molecular weight excluding hydrogens is 192 g/mol. The quantitative estimate of drug-likeness (QED) is 0.783. The van der Waals surface area contributed by atoms with Gasteiger partial charge in [-0.15, -0.1) is 0 Å². The van der Waals surface area contributed by atoms with E-state index in [0.717, 1.165) is 19.2 Å². The van der Waals surface area contributed by atoms with Gasteiger partial charge in [0.2, 0.25) is 0 Å². The van der Waals surface area contributed by atoms with Crippen LogP contribution in [0.25, 0.3) is 0 Å². The SMILES string of the molecule is CNC(=O)c1ccc(F)c(OC)c1F. The van der Waals surface area contributed by atoms with Crippen LogP contribution in [-0.4, -0.2) is 20.1 Å². The maximum atomic E-state index is 13.3. The molecular formula is C9H9F2NO2. The standard InChI is InChI=1S/C9H9F2NO2/c1-12-9(13)5-3-4-6(10)8(14-2)7(5)11/h3-4H,1-2H3,(H,12,13). The normalized spacial score (nSPS) is 9.71. The van der Waals surface area contributed by atoms with Crippen molar-refractivity contribution < 1.29 is 18.3 Å². The zero-order valence-corrected chi connectivity index (χ0v) is 7.73. The topological polar surface area (TPSA) is 38.3 Å². The van der Waals surface area contributed by atoms with Crippen molar-refractivity contribution in [3.05, 3.63) is 29.3 Å². The van der Waals surface area contributed by atoms with E-state index >= 15 is 0 Å². The molecule has 0 aliphatic rings. The summed E-state index contributed by atoms with van der Waals surface area (Å²) in [6, 6.07) is 2.04. The highest BCUT2D eigenvalue weighted by molar-refractivity contribution is 5.94. The van der Waals surface area contributed by atoms with Crippen LogP contribution in [0.2, 0.25) is 0 Å². The molecule has 1 aromatic carbocycles.